The van der Waals surface area contributed by atoms with E-state index in [1.165, 1.54) is 12.0 Å². The summed E-state index contributed by atoms with van der Waals surface area (Å²) in [6.45, 7) is 4.66. The van der Waals surface area contributed by atoms with Crippen molar-refractivity contribution >= 4 is 11.9 Å². The van der Waals surface area contributed by atoms with Gasteiger partial charge in [0.05, 0.1) is 25.1 Å². The molecule has 1 aromatic heterocycles. The van der Waals surface area contributed by atoms with Gasteiger partial charge in [-0.25, -0.2) is 4.98 Å². The van der Waals surface area contributed by atoms with Crippen LogP contribution in [-0.4, -0.2) is 42.4 Å². The fourth-order valence-electron chi connectivity index (χ4n) is 2.95. The van der Waals surface area contributed by atoms with Gasteiger partial charge in [-0.3, -0.25) is 9.89 Å². The van der Waals surface area contributed by atoms with Crippen LogP contribution < -0.4 is 0 Å². The van der Waals surface area contributed by atoms with Crippen molar-refractivity contribution in [1.82, 2.24) is 9.88 Å². The van der Waals surface area contributed by atoms with Crippen LogP contribution in [0.2, 0.25) is 0 Å². The second-order valence-corrected chi connectivity index (χ2v) is 6.30. The highest BCUT2D eigenvalue weighted by Crippen LogP contribution is 2.22. The Bertz CT molecular complexity index is 834. The van der Waals surface area contributed by atoms with Crippen molar-refractivity contribution in [2.75, 3.05) is 26.3 Å². The third kappa shape index (κ3) is 4.25. The van der Waals surface area contributed by atoms with Gasteiger partial charge >= 0.3 is 0 Å². The van der Waals surface area contributed by atoms with Crippen LogP contribution in [0.25, 0.3) is 11.3 Å². The predicted octanol–water partition coefficient (Wildman–Crippen LogP) is 3.92. The van der Waals surface area contributed by atoms with E-state index in [1.807, 2.05) is 30.5 Å². The zero-order chi connectivity index (χ0) is 17.6. The summed E-state index contributed by atoms with van der Waals surface area (Å²) in [5.74, 6) is 0.761. The second kappa shape index (κ2) is 8.08. The third-order valence-corrected chi connectivity index (χ3v) is 4.44. The van der Waals surface area contributed by atoms with E-state index in [9.17, 15) is 0 Å². The Balaban J connectivity index is 1.37. The summed E-state index contributed by atoms with van der Waals surface area (Å²) in [7, 11) is 0. The molecule has 5 heteroatoms. The Hall–Kier alpha value is -2.76. The smallest absolute Gasteiger partial charge is 0.181 e. The molecule has 0 radical (unpaired) electrons. The van der Waals surface area contributed by atoms with Crippen LogP contribution in [0.4, 0.5) is 5.69 Å². The molecule has 3 aromatic rings. The van der Waals surface area contributed by atoms with Gasteiger partial charge in [0.25, 0.3) is 0 Å². The molecule has 1 fully saturated rings. The molecule has 132 valence electrons. The van der Waals surface area contributed by atoms with E-state index >= 15 is 0 Å². The van der Waals surface area contributed by atoms with Crippen molar-refractivity contribution in [2.45, 2.75) is 6.54 Å². The van der Waals surface area contributed by atoms with E-state index in [0.717, 1.165) is 55.4 Å². The van der Waals surface area contributed by atoms with Crippen molar-refractivity contribution in [3.8, 4) is 11.3 Å². The number of hydrogen-bond acceptors (Lipinski definition) is 5. The lowest BCUT2D eigenvalue weighted by atomic mass is 10.1. The summed E-state index contributed by atoms with van der Waals surface area (Å²) in [4.78, 5) is 10.9. The van der Waals surface area contributed by atoms with E-state index in [4.69, 9.17) is 9.15 Å². The molecular formula is C21H21N3O2. The van der Waals surface area contributed by atoms with Crippen LogP contribution in [0.15, 0.2) is 70.5 Å². The first-order chi connectivity index (χ1) is 12.9. The van der Waals surface area contributed by atoms with Gasteiger partial charge in [-0.1, -0.05) is 24.3 Å². The molecule has 0 bridgehead atoms. The van der Waals surface area contributed by atoms with Gasteiger partial charge in [0.1, 0.15) is 0 Å². The van der Waals surface area contributed by atoms with Crippen molar-refractivity contribution in [3.63, 3.8) is 0 Å². The van der Waals surface area contributed by atoms with Crippen molar-refractivity contribution in [2.24, 2.45) is 4.99 Å². The van der Waals surface area contributed by atoms with Crippen molar-refractivity contribution in [3.05, 3.63) is 72.2 Å². The first-order valence-electron chi connectivity index (χ1n) is 8.79. The van der Waals surface area contributed by atoms with E-state index < -0.39 is 0 Å². The van der Waals surface area contributed by atoms with Crippen LogP contribution in [0.3, 0.4) is 0 Å². The van der Waals surface area contributed by atoms with Crippen LogP contribution >= 0.6 is 0 Å². The van der Waals surface area contributed by atoms with E-state index in [1.54, 1.807) is 6.20 Å². The number of nitrogens with zero attached hydrogens (tertiary/aromatic N) is 3. The summed E-state index contributed by atoms with van der Waals surface area (Å²) in [6, 6.07) is 16.5. The first kappa shape index (κ1) is 16.7. The van der Waals surface area contributed by atoms with Crippen LogP contribution in [-0.2, 0) is 11.3 Å². The molecular weight excluding hydrogens is 326 g/mol. The van der Waals surface area contributed by atoms with Crippen LogP contribution in [0.1, 0.15) is 11.1 Å². The minimum atomic E-state index is 0.761. The van der Waals surface area contributed by atoms with Gasteiger partial charge in [0, 0.05) is 31.4 Å². The molecule has 0 spiro atoms. The number of oxazole rings is 1. The topological polar surface area (TPSA) is 50.9 Å². The molecule has 4 rings (SSSR count). The quantitative estimate of drug-likeness (QED) is 0.656. The second-order valence-electron chi connectivity index (χ2n) is 6.30. The normalized spacial score (nSPS) is 15.5. The van der Waals surface area contributed by atoms with Gasteiger partial charge in [0.15, 0.2) is 12.2 Å². The Morgan fingerprint density at radius 2 is 1.77 bits per heavy atom. The van der Waals surface area contributed by atoms with Crippen LogP contribution in [0.5, 0.6) is 0 Å². The van der Waals surface area contributed by atoms with Crippen molar-refractivity contribution < 1.29 is 9.15 Å². The molecule has 1 aliphatic heterocycles. The highest BCUT2D eigenvalue weighted by molar-refractivity contribution is 5.82. The average molecular weight is 347 g/mol. The summed E-state index contributed by atoms with van der Waals surface area (Å²) in [5, 5.41) is 0. The Morgan fingerprint density at radius 3 is 2.46 bits per heavy atom. The predicted molar refractivity (Wildman–Crippen MR) is 102 cm³/mol. The minimum Gasteiger partial charge on any atom is -0.444 e. The van der Waals surface area contributed by atoms with Gasteiger partial charge in [-0.05, 0) is 35.4 Å². The van der Waals surface area contributed by atoms with E-state index in [0.29, 0.717) is 0 Å². The van der Waals surface area contributed by atoms with Crippen molar-refractivity contribution in [1.29, 1.82) is 0 Å². The van der Waals surface area contributed by atoms with E-state index in [-0.39, 0.29) is 0 Å². The van der Waals surface area contributed by atoms with Gasteiger partial charge in [-0.2, -0.15) is 0 Å². The maximum Gasteiger partial charge on any atom is 0.181 e. The number of aromatic nitrogens is 1. The third-order valence-electron chi connectivity index (χ3n) is 4.44. The summed E-state index contributed by atoms with van der Waals surface area (Å²) < 4.78 is 10.7. The molecule has 2 aromatic carbocycles. The highest BCUT2D eigenvalue weighted by atomic mass is 16.5. The summed E-state index contributed by atoms with van der Waals surface area (Å²) in [5.41, 5.74) is 4.31. The summed E-state index contributed by atoms with van der Waals surface area (Å²) in [6.07, 6.45) is 5.03. The zero-order valence-corrected chi connectivity index (χ0v) is 14.5. The van der Waals surface area contributed by atoms with Gasteiger partial charge in [0.2, 0.25) is 0 Å². The SMILES string of the molecule is C(=Nc1ccc(-c2cnco2)cc1)c1ccc(CN2CCOCC2)cc1. The molecule has 0 N–H and O–H groups in total. The van der Waals surface area contributed by atoms with Crippen LogP contribution in [0, 0.1) is 0 Å². The molecule has 0 amide bonds. The zero-order valence-electron chi connectivity index (χ0n) is 14.5. The van der Waals surface area contributed by atoms with Gasteiger partial charge < -0.3 is 9.15 Å². The lowest BCUT2D eigenvalue weighted by Gasteiger charge is -2.26. The Kier molecular flexibility index (Phi) is 5.19. The fourth-order valence-corrected chi connectivity index (χ4v) is 2.95. The lowest BCUT2D eigenvalue weighted by Crippen LogP contribution is -2.35. The number of morpholine rings is 1. The summed E-state index contributed by atoms with van der Waals surface area (Å²) >= 11 is 0. The Morgan fingerprint density at radius 1 is 1.00 bits per heavy atom. The lowest BCUT2D eigenvalue weighted by molar-refractivity contribution is 0.0342. The molecule has 0 unspecified atom stereocenters. The number of benzene rings is 2. The molecule has 1 aliphatic rings. The number of aliphatic imine (C=N–C) groups is 1. The Labute approximate surface area is 153 Å². The monoisotopic (exact) mass is 347 g/mol. The van der Waals surface area contributed by atoms with E-state index in [2.05, 4.69) is 39.1 Å². The number of ether oxygens (including phenoxy) is 1. The largest absolute Gasteiger partial charge is 0.444 e. The first-order valence-corrected chi connectivity index (χ1v) is 8.79. The number of rotatable bonds is 5. The molecule has 1 saturated heterocycles. The van der Waals surface area contributed by atoms with Gasteiger partial charge in [-0.15, -0.1) is 0 Å². The molecule has 26 heavy (non-hydrogen) atoms. The average Bonchev–Trinajstić information content (AvgIpc) is 3.24. The standard InChI is InChI=1S/C21H21N3O2/c1-3-18(15-24-9-11-25-12-10-24)4-2-17(1)13-23-20-7-5-19(6-8-20)21-14-22-16-26-21/h1-8,13-14,16H,9-12,15H2. The molecule has 0 atom stereocenters. The minimum absolute atomic E-state index is 0.761. The fraction of sp³-hybridized carbons (Fsp3) is 0.238. The maximum absolute atomic E-state index is 5.39. The highest BCUT2D eigenvalue weighted by Gasteiger charge is 2.10. The molecule has 0 saturated carbocycles. The number of hydrogen-bond donors (Lipinski definition) is 0. The molecule has 0 aliphatic carbocycles. The molecule has 2 heterocycles. The maximum atomic E-state index is 5.39. The molecule has 5 nitrogen and oxygen atoms in total.